The molecular formula is C15H22N2O3S. The van der Waals surface area contributed by atoms with Crippen LogP contribution in [0.25, 0.3) is 0 Å². The number of hydrogen-bond acceptors (Lipinski definition) is 4. The minimum atomic E-state index is -3.52. The van der Waals surface area contributed by atoms with E-state index in [9.17, 15) is 13.2 Å². The molecule has 0 saturated carbocycles. The monoisotopic (exact) mass is 310 g/mol. The average molecular weight is 310 g/mol. The zero-order valence-corrected chi connectivity index (χ0v) is 13.4. The molecule has 2 rings (SSSR count). The zero-order chi connectivity index (χ0) is 15.5. The highest BCUT2D eigenvalue weighted by atomic mass is 32.2. The molecule has 0 radical (unpaired) electrons. The van der Waals surface area contributed by atoms with Crippen LogP contribution in [0.2, 0.25) is 0 Å². The SMILES string of the molecule is CCC(=O)c1cccc(S(=O)(=O)N2CCCN(C)CC2)c1. The molecule has 1 saturated heterocycles. The third-order valence-electron chi connectivity index (χ3n) is 3.79. The second-order valence-corrected chi connectivity index (χ2v) is 7.30. The highest BCUT2D eigenvalue weighted by molar-refractivity contribution is 7.89. The lowest BCUT2D eigenvalue weighted by Crippen LogP contribution is -2.34. The number of sulfonamides is 1. The van der Waals surface area contributed by atoms with Gasteiger partial charge in [0.1, 0.15) is 0 Å². The Morgan fingerprint density at radius 3 is 2.67 bits per heavy atom. The number of ketones is 1. The van der Waals surface area contributed by atoms with Crippen LogP contribution in [0.4, 0.5) is 0 Å². The summed E-state index contributed by atoms with van der Waals surface area (Å²) in [5.41, 5.74) is 0.463. The number of likely N-dealkylation sites (N-methyl/N-ethyl adjacent to an activating group) is 1. The molecule has 116 valence electrons. The van der Waals surface area contributed by atoms with Gasteiger partial charge < -0.3 is 4.90 Å². The van der Waals surface area contributed by atoms with Crippen molar-refractivity contribution < 1.29 is 13.2 Å². The van der Waals surface area contributed by atoms with Crippen molar-refractivity contribution in [3.05, 3.63) is 29.8 Å². The van der Waals surface area contributed by atoms with E-state index in [0.29, 0.717) is 25.1 Å². The van der Waals surface area contributed by atoms with Crippen LogP contribution in [0.3, 0.4) is 0 Å². The first-order valence-corrected chi connectivity index (χ1v) is 8.71. The zero-order valence-electron chi connectivity index (χ0n) is 12.6. The van der Waals surface area contributed by atoms with Crippen molar-refractivity contribution in [2.75, 3.05) is 33.2 Å². The Balaban J connectivity index is 2.28. The van der Waals surface area contributed by atoms with Crippen LogP contribution in [0.15, 0.2) is 29.2 Å². The Hall–Kier alpha value is -1.24. The van der Waals surface area contributed by atoms with E-state index in [4.69, 9.17) is 0 Å². The summed E-state index contributed by atoms with van der Waals surface area (Å²) in [6, 6.07) is 6.37. The fourth-order valence-electron chi connectivity index (χ4n) is 2.45. The van der Waals surface area contributed by atoms with Crippen molar-refractivity contribution in [2.24, 2.45) is 0 Å². The van der Waals surface area contributed by atoms with E-state index in [-0.39, 0.29) is 10.7 Å². The molecule has 1 aliphatic rings. The Labute approximate surface area is 126 Å². The summed E-state index contributed by atoms with van der Waals surface area (Å²) < 4.78 is 26.9. The van der Waals surface area contributed by atoms with Gasteiger partial charge in [-0.15, -0.1) is 0 Å². The number of nitrogens with zero attached hydrogens (tertiary/aromatic N) is 2. The third kappa shape index (κ3) is 3.70. The molecule has 6 heteroatoms. The highest BCUT2D eigenvalue weighted by Crippen LogP contribution is 2.19. The lowest BCUT2D eigenvalue weighted by molar-refractivity contribution is 0.0988. The number of hydrogen-bond donors (Lipinski definition) is 0. The van der Waals surface area contributed by atoms with Crippen LogP contribution in [-0.4, -0.2) is 56.6 Å². The molecule has 1 aromatic carbocycles. The molecule has 0 aliphatic carbocycles. The lowest BCUT2D eigenvalue weighted by Gasteiger charge is -2.20. The molecule has 1 aromatic rings. The van der Waals surface area contributed by atoms with E-state index >= 15 is 0 Å². The first kappa shape index (κ1) is 16.1. The van der Waals surface area contributed by atoms with Gasteiger partial charge in [0.25, 0.3) is 0 Å². The van der Waals surface area contributed by atoms with Gasteiger partial charge in [0.2, 0.25) is 10.0 Å². The number of benzene rings is 1. The van der Waals surface area contributed by atoms with Crippen LogP contribution in [0.5, 0.6) is 0 Å². The van der Waals surface area contributed by atoms with E-state index < -0.39 is 10.0 Å². The molecular weight excluding hydrogens is 288 g/mol. The fourth-order valence-corrected chi connectivity index (χ4v) is 3.96. The van der Waals surface area contributed by atoms with Crippen LogP contribution < -0.4 is 0 Å². The maximum atomic E-state index is 12.7. The summed E-state index contributed by atoms with van der Waals surface area (Å²) in [6.07, 6.45) is 1.20. The minimum absolute atomic E-state index is 0.0392. The van der Waals surface area contributed by atoms with E-state index in [1.807, 2.05) is 7.05 Å². The summed E-state index contributed by atoms with van der Waals surface area (Å²) in [5.74, 6) is -0.0392. The molecule has 1 heterocycles. The molecule has 0 unspecified atom stereocenters. The molecule has 0 N–H and O–H groups in total. The minimum Gasteiger partial charge on any atom is -0.305 e. The quantitative estimate of drug-likeness (QED) is 0.793. The largest absolute Gasteiger partial charge is 0.305 e. The number of carbonyl (C=O) groups excluding carboxylic acids is 1. The summed E-state index contributed by atoms with van der Waals surface area (Å²) in [5, 5.41) is 0. The number of carbonyl (C=O) groups is 1. The topological polar surface area (TPSA) is 57.7 Å². The first-order valence-electron chi connectivity index (χ1n) is 7.27. The smallest absolute Gasteiger partial charge is 0.243 e. The molecule has 0 bridgehead atoms. The van der Waals surface area contributed by atoms with Gasteiger partial charge in [-0.05, 0) is 32.1 Å². The lowest BCUT2D eigenvalue weighted by atomic mass is 10.1. The Bertz CT molecular complexity index is 613. The second kappa shape index (κ2) is 6.68. The molecule has 0 aromatic heterocycles. The molecule has 1 fully saturated rings. The second-order valence-electron chi connectivity index (χ2n) is 5.37. The first-order chi connectivity index (χ1) is 9.95. The highest BCUT2D eigenvalue weighted by Gasteiger charge is 2.26. The molecule has 21 heavy (non-hydrogen) atoms. The van der Waals surface area contributed by atoms with Crippen molar-refractivity contribution in [2.45, 2.75) is 24.7 Å². The van der Waals surface area contributed by atoms with Crippen LogP contribution in [-0.2, 0) is 10.0 Å². The van der Waals surface area contributed by atoms with Gasteiger partial charge in [-0.1, -0.05) is 19.1 Å². The van der Waals surface area contributed by atoms with Crippen LogP contribution in [0.1, 0.15) is 30.1 Å². The van der Waals surface area contributed by atoms with Gasteiger partial charge in [0.15, 0.2) is 5.78 Å². The van der Waals surface area contributed by atoms with Crippen molar-refractivity contribution in [3.8, 4) is 0 Å². The van der Waals surface area contributed by atoms with Gasteiger partial charge >= 0.3 is 0 Å². The van der Waals surface area contributed by atoms with E-state index in [0.717, 1.165) is 19.5 Å². The van der Waals surface area contributed by atoms with Gasteiger partial charge in [0.05, 0.1) is 4.90 Å². The van der Waals surface area contributed by atoms with Crippen molar-refractivity contribution in [1.29, 1.82) is 0 Å². The molecule has 5 nitrogen and oxygen atoms in total. The third-order valence-corrected chi connectivity index (χ3v) is 5.69. The Morgan fingerprint density at radius 1 is 1.19 bits per heavy atom. The number of rotatable bonds is 4. The van der Waals surface area contributed by atoms with Crippen LogP contribution in [0, 0.1) is 0 Å². The van der Waals surface area contributed by atoms with Gasteiger partial charge in [-0.25, -0.2) is 8.42 Å². The van der Waals surface area contributed by atoms with Gasteiger partial charge in [-0.2, -0.15) is 4.31 Å². The predicted octanol–water partition coefficient (Wildman–Crippen LogP) is 1.61. The summed E-state index contributed by atoms with van der Waals surface area (Å²) in [4.78, 5) is 14.1. The standard InChI is InChI=1S/C15H22N2O3S/c1-3-15(18)13-6-4-7-14(12-13)21(19,20)17-9-5-8-16(2)10-11-17/h4,6-7,12H,3,5,8-11H2,1-2H3. The predicted molar refractivity (Wildman–Crippen MR) is 81.9 cm³/mol. The Morgan fingerprint density at radius 2 is 1.95 bits per heavy atom. The Kier molecular flexibility index (Phi) is 5.13. The van der Waals surface area contributed by atoms with Gasteiger partial charge in [-0.3, -0.25) is 4.79 Å². The van der Waals surface area contributed by atoms with E-state index in [1.54, 1.807) is 25.1 Å². The van der Waals surface area contributed by atoms with Crippen molar-refractivity contribution >= 4 is 15.8 Å². The van der Waals surface area contributed by atoms with E-state index in [2.05, 4.69) is 4.90 Å². The number of Topliss-reactive ketones (excluding diaryl/α,β-unsaturated/α-hetero) is 1. The van der Waals surface area contributed by atoms with Gasteiger partial charge in [0, 0.05) is 31.6 Å². The fraction of sp³-hybridized carbons (Fsp3) is 0.533. The summed E-state index contributed by atoms with van der Waals surface area (Å²) in [6.45, 7) is 4.42. The normalized spacial score (nSPS) is 18.4. The summed E-state index contributed by atoms with van der Waals surface area (Å²) in [7, 11) is -1.52. The van der Waals surface area contributed by atoms with Crippen LogP contribution >= 0.6 is 0 Å². The summed E-state index contributed by atoms with van der Waals surface area (Å²) >= 11 is 0. The maximum absolute atomic E-state index is 12.7. The molecule has 0 atom stereocenters. The molecule has 1 aliphatic heterocycles. The van der Waals surface area contributed by atoms with E-state index in [1.165, 1.54) is 10.4 Å². The molecule has 0 spiro atoms. The molecule has 0 amide bonds. The maximum Gasteiger partial charge on any atom is 0.243 e. The van der Waals surface area contributed by atoms with Crippen molar-refractivity contribution in [3.63, 3.8) is 0 Å². The van der Waals surface area contributed by atoms with Crippen molar-refractivity contribution in [1.82, 2.24) is 9.21 Å². The average Bonchev–Trinajstić information content (AvgIpc) is 2.71.